The number of nitrogen functional groups attached to an aromatic ring is 1. The molecule has 1 fully saturated rings. The van der Waals surface area contributed by atoms with Crippen LogP contribution in [0.2, 0.25) is 0 Å². The molecular weight excluding hydrogens is 268 g/mol. The fourth-order valence-electron chi connectivity index (χ4n) is 2.28. The molecule has 1 aromatic heterocycles. The van der Waals surface area contributed by atoms with Gasteiger partial charge >= 0.3 is 0 Å². The van der Waals surface area contributed by atoms with Crippen molar-refractivity contribution >= 4 is 27.6 Å². The Morgan fingerprint density at radius 2 is 2.31 bits per heavy atom. The molecule has 0 bridgehead atoms. The quantitative estimate of drug-likeness (QED) is 0.907. The first-order valence-corrected chi connectivity index (χ1v) is 6.56. The van der Waals surface area contributed by atoms with Crippen LogP contribution in [-0.4, -0.2) is 22.6 Å². The van der Waals surface area contributed by atoms with Gasteiger partial charge in [-0.05, 0) is 41.6 Å². The third-order valence-electron chi connectivity index (χ3n) is 3.17. The molecule has 1 aromatic rings. The van der Waals surface area contributed by atoms with Crippen LogP contribution >= 0.6 is 15.9 Å². The minimum Gasteiger partial charge on any atom is -0.383 e. The van der Waals surface area contributed by atoms with Crippen LogP contribution in [-0.2, 0) is 0 Å². The van der Waals surface area contributed by atoms with Crippen molar-refractivity contribution in [2.75, 3.05) is 17.2 Å². The summed E-state index contributed by atoms with van der Waals surface area (Å²) in [6.45, 7) is 3.29. The molecule has 16 heavy (non-hydrogen) atoms. The monoisotopic (exact) mass is 284 g/mol. The van der Waals surface area contributed by atoms with Crippen LogP contribution in [0.15, 0.2) is 10.8 Å². The molecule has 0 radical (unpaired) electrons. The molecule has 2 heterocycles. The fraction of sp³-hybridized carbons (Fsp3) is 0.636. The number of nitrogens with two attached hydrogens (primary N) is 1. The van der Waals surface area contributed by atoms with Gasteiger partial charge in [0.2, 0.25) is 0 Å². The molecule has 1 saturated heterocycles. The van der Waals surface area contributed by atoms with Crippen molar-refractivity contribution in [3.8, 4) is 0 Å². The number of halogens is 1. The first kappa shape index (κ1) is 11.6. The molecule has 88 valence electrons. The van der Waals surface area contributed by atoms with Gasteiger partial charge in [0, 0.05) is 12.6 Å². The van der Waals surface area contributed by atoms with Crippen molar-refractivity contribution < 1.29 is 0 Å². The molecule has 4 nitrogen and oxygen atoms in total. The summed E-state index contributed by atoms with van der Waals surface area (Å²) in [5.41, 5.74) is 5.79. The van der Waals surface area contributed by atoms with Gasteiger partial charge in [0.25, 0.3) is 0 Å². The zero-order valence-electron chi connectivity index (χ0n) is 9.49. The maximum Gasteiger partial charge on any atom is 0.148 e. The van der Waals surface area contributed by atoms with E-state index in [9.17, 15) is 0 Å². The van der Waals surface area contributed by atoms with Crippen molar-refractivity contribution in [2.45, 2.75) is 38.6 Å². The normalized spacial score (nSPS) is 21.1. The number of rotatable bonds is 2. The van der Waals surface area contributed by atoms with E-state index in [1.54, 1.807) is 0 Å². The van der Waals surface area contributed by atoms with E-state index < -0.39 is 0 Å². The van der Waals surface area contributed by atoms with Crippen molar-refractivity contribution in [3.05, 3.63) is 10.8 Å². The minimum atomic E-state index is 0.519. The van der Waals surface area contributed by atoms with E-state index in [2.05, 4.69) is 37.7 Å². The standard InChI is InChI=1S/C11H17BrN4/c1-2-8-5-3-4-6-16(8)11-9(12)10(13)14-7-15-11/h7-8H,2-6H2,1H3,(H2,13,14,15). The summed E-state index contributed by atoms with van der Waals surface area (Å²) in [5.74, 6) is 1.46. The first-order valence-electron chi connectivity index (χ1n) is 5.76. The summed E-state index contributed by atoms with van der Waals surface area (Å²) in [6.07, 6.45) is 6.47. The Hall–Kier alpha value is -0.840. The Bertz CT molecular complexity index is 369. The van der Waals surface area contributed by atoms with Gasteiger partial charge in [-0.25, -0.2) is 9.97 Å². The second kappa shape index (κ2) is 4.99. The van der Waals surface area contributed by atoms with Gasteiger partial charge in [-0.3, -0.25) is 0 Å². The lowest BCUT2D eigenvalue weighted by Crippen LogP contribution is -2.40. The molecule has 1 aliphatic heterocycles. The van der Waals surface area contributed by atoms with Crippen LogP contribution in [0, 0.1) is 0 Å². The predicted molar refractivity (Wildman–Crippen MR) is 69.4 cm³/mol. The molecule has 1 atom stereocenters. The highest BCUT2D eigenvalue weighted by molar-refractivity contribution is 9.10. The van der Waals surface area contributed by atoms with Gasteiger partial charge in [-0.2, -0.15) is 0 Å². The van der Waals surface area contributed by atoms with Crippen LogP contribution in [0.25, 0.3) is 0 Å². The Morgan fingerprint density at radius 3 is 3.06 bits per heavy atom. The van der Waals surface area contributed by atoms with E-state index in [4.69, 9.17) is 5.73 Å². The number of hydrogen-bond donors (Lipinski definition) is 1. The second-order valence-electron chi connectivity index (χ2n) is 4.15. The summed E-state index contributed by atoms with van der Waals surface area (Å²) in [4.78, 5) is 10.7. The lowest BCUT2D eigenvalue weighted by molar-refractivity contribution is 0.446. The minimum absolute atomic E-state index is 0.519. The van der Waals surface area contributed by atoms with Crippen molar-refractivity contribution in [1.82, 2.24) is 9.97 Å². The van der Waals surface area contributed by atoms with Crippen LogP contribution in [0.4, 0.5) is 11.6 Å². The molecule has 0 saturated carbocycles. The van der Waals surface area contributed by atoms with Gasteiger partial charge in [0.05, 0.1) is 0 Å². The van der Waals surface area contributed by atoms with Crippen LogP contribution in [0.1, 0.15) is 32.6 Å². The Kier molecular flexibility index (Phi) is 3.63. The van der Waals surface area contributed by atoms with E-state index >= 15 is 0 Å². The second-order valence-corrected chi connectivity index (χ2v) is 4.94. The number of anilines is 2. The van der Waals surface area contributed by atoms with Gasteiger partial charge in [0.1, 0.15) is 22.4 Å². The molecule has 5 heteroatoms. The maximum atomic E-state index is 5.79. The number of piperidine rings is 1. The largest absolute Gasteiger partial charge is 0.383 e. The molecule has 2 rings (SSSR count). The highest BCUT2D eigenvalue weighted by Crippen LogP contribution is 2.32. The summed E-state index contributed by atoms with van der Waals surface area (Å²) < 4.78 is 0.829. The molecule has 0 amide bonds. The van der Waals surface area contributed by atoms with Crippen LogP contribution in [0.5, 0.6) is 0 Å². The lowest BCUT2D eigenvalue weighted by atomic mass is 10.0. The van der Waals surface area contributed by atoms with Crippen molar-refractivity contribution in [3.63, 3.8) is 0 Å². The zero-order chi connectivity index (χ0) is 11.5. The topological polar surface area (TPSA) is 55.0 Å². The fourth-order valence-corrected chi connectivity index (χ4v) is 2.71. The molecule has 0 aliphatic carbocycles. The summed E-state index contributed by atoms with van der Waals surface area (Å²) in [6, 6.07) is 0.583. The summed E-state index contributed by atoms with van der Waals surface area (Å²) in [7, 11) is 0. The third-order valence-corrected chi connectivity index (χ3v) is 3.93. The van der Waals surface area contributed by atoms with E-state index in [-0.39, 0.29) is 0 Å². The van der Waals surface area contributed by atoms with Gasteiger partial charge in [0.15, 0.2) is 0 Å². The Balaban J connectivity index is 2.30. The SMILES string of the molecule is CCC1CCCCN1c1ncnc(N)c1Br. The Morgan fingerprint density at radius 1 is 1.50 bits per heavy atom. The molecule has 1 unspecified atom stereocenters. The van der Waals surface area contributed by atoms with E-state index in [0.717, 1.165) is 23.3 Å². The van der Waals surface area contributed by atoms with E-state index in [0.29, 0.717) is 11.9 Å². The first-order chi connectivity index (χ1) is 7.74. The van der Waals surface area contributed by atoms with Crippen molar-refractivity contribution in [2.24, 2.45) is 0 Å². The van der Waals surface area contributed by atoms with E-state index in [1.165, 1.54) is 25.6 Å². The smallest absolute Gasteiger partial charge is 0.148 e. The number of aromatic nitrogens is 2. The number of nitrogens with zero attached hydrogens (tertiary/aromatic N) is 3. The van der Waals surface area contributed by atoms with Gasteiger partial charge < -0.3 is 10.6 Å². The maximum absolute atomic E-state index is 5.79. The van der Waals surface area contributed by atoms with Crippen LogP contribution in [0.3, 0.4) is 0 Å². The molecule has 1 aliphatic rings. The average molecular weight is 285 g/mol. The van der Waals surface area contributed by atoms with Crippen molar-refractivity contribution in [1.29, 1.82) is 0 Å². The summed E-state index contributed by atoms with van der Waals surface area (Å²) >= 11 is 3.48. The highest BCUT2D eigenvalue weighted by atomic mass is 79.9. The van der Waals surface area contributed by atoms with Gasteiger partial charge in [-0.1, -0.05) is 6.92 Å². The highest BCUT2D eigenvalue weighted by Gasteiger charge is 2.24. The van der Waals surface area contributed by atoms with E-state index in [1.807, 2.05) is 0 Å². The lowest BCUT2D eigenvalue weighted by Gasteiger charge is -2.36. The Labute approximate surface area is 104 Å². The van der Waals surface area contributed by atoms with Gasteiger partial charge in [-0.15, -0.1) is 0 Å². The molecule has 0 spiro atoms. The molecular formula is C11H17BrN4. The third kappa shape index (κ3) is 2.14. The average Bonchev–Trinajstić information content (AvgIpc) is 2.33. The number of hydrogen-bond acceptors (Lipinski definition) is 4. The molecule has 0 aromatic carbocycles. The molecule has 2 N–H and O–H groups in total. The predicted octanol–water partition coefficient (Wildman–Crippen LogP) is 2.59. The van der Waals surface area contributed by atoms with Crippen LogP contribution < -0.4 is 10.6 Å². The zero-order valence-corrected chi connectivity index (χ0v) is 11.1. The summed E-state index contributed by atoms with van der Waals surface area (Å²) in [5, 5.41) is 0.